The van der Waals surface area contributed by atoms with Crippen LogP contribution in [0.2, 0.25) is 0 Å². The zero-order chi connectivity index (χ0) is 46.5. The molecule has 0 aliphatic carbocycles. The van der Waals surface area contributed by atoms with E-state index in [-0.39, 0.29) is 32.7 Å². The fraction of sp³-hybridized carbons (Fsp3) is 0. The maximum atomic E-state index is 9.51. The van der Waals surface area contributed by atoms with Gasteiger partial charge >= 0.3 is 0 Å². The molecule has 0 bridgehead atoms. The minimum absolute atomic E-state index is 0.0442. The molecule has 236 valence electrons. The molecule has 11 rings (SSSR count). The molecule has 0 amide bonds. The van der Waals surface area contributed by atoms with Crippen molar-refractivity contribution in [2.24, 2.45) is 0 Å². The molecule has 0 radical (unpaired) electrons. The van der Waals surface area contributed by atoms with Gasteiger partial charge in [0.25, 0.3) is 0 Å². The smallest absolute Gasteiger partial charge is 0.136 e. The lowest BCUT2D eigenvalue weighted by Crippen LogP contribution is -1.92. The number of hydrogen-bond donors (Lipinski definition) is 0. The minimum Gasteiger partial charge on any atom is -0.456 e. The van der Waals surface area contributed by atoms with Gasteiger partial charge in [0.05, 0.1) is 20.6 Å². The van der Waals surface area contributed by atoms with E-state index in [0.29, 0.717) is 21.9 Å². The predicted molar refractivity (Wildman–Crippen MR) is 218 cm³/mol. The number of fused-ring (bicyclic) bond motifs is 8. The Bertz CT molecular complexity index is 3980. The van der Waals surface area contributed by atoms with E-state index < -0.39 is 107 Å². The molecule has 0 fully saturated rings. The van der Waals surface area contributed by atoms with Crippen LogP contribution in [0.5, 0.6) is 0 Å². The summed E-state index contributed by atoms with van der Waals surface area (Å²) in [6.07, 6.45) is 0. The molecule has 0 spiro atoms. The Morgan fingerprint density at radius 3 is 1.80 bits per heavy atom. The molecule has 0 aliphatic heterocycles. The molecule has 0 unspecified atom stereocenters. The monoisotopic (exact) mass is 661 g/mol. The summed E-state index contributed by atoms with van der Waals surface area (Å²) in [5, 5.41) is 3.43. The molecule has 1 nitrogen and oxygen atoms in total. The van der Waals surface area contributed by atoms with Crippen molar-refractivity contribution >= 4 is 75.8 Å². The number of rotatable bonds is 3. The van der Waals surface area contributed by atoms with E-state index in [2.05, 4.69) is 6.07 Å². The van der Waals surface area contributed by atoms with Gasteiger partial charge in [-0.15, -0.1) is 0 Å². The summed E-state index contributed by atoms with van der Waals surface area (Å²) in [5.41, 5.74) is 2.71. The molecule has 1 heteroatoms. The van der Waals surface area contributed by atoms with Gasteiger partial charge in [-0.05, 0) is 118 Å². The lowest BCUT2D eigenvalue weighted by atomic mass is 9.84. The third-order valence-corrected chi connectivity index (χ3v) is 9.70. The molecule has 1 heterocycles. The molecule has 1 aromatic heterocycles. The van der Waals surface area contributed by atoms with Crippen LogP contribution in [0.3, 0.4) is 0 Å². The summed E-state index contributed by atoms with van der Waals surface area (Å²) in [4.78, 5) is 0. The molecule has 0 saturated carbocycles. The summed E-state index contributed by atoms with van der Waals surface area (Å²) < 4.78 is 142. The summed E-state index contributed by atoms with van der Waals surface area (Å²) in [6, 6.07) is 19.1. The summed E-state index contributed by atoms with van der Waals surface area (Å²) in [7, 11) is 0. The Morgan fingerprint density at radius 1 is 0.373 bits per heavy atom. The van der Waals surface area contributed by atoms with Crippen LogP contribution < -0.4 is 0 Å². The normalized spacial score (nSPS) is 16.0. The van der Waals surface area contributed by atoms with Crippen molar-refractivity contribution in [3.8, 4) is 33.4 Å². The van der Waals surface area contributed by atoms with Crippen molar-refractivity contribution in [3.63, 3.8) is 0 Å². The van der Waals surface area contributed by atoms with E-state index in [1.807, 2.05) is 72.8 Å². The molecule has 11 aromatic rings. The highest BCUT2D eigenvalue weighted by Crippen LogP contribution is 2.46. The van der Waals surface area contributed by atoms with Gasteiger partial charge in [0.15, 0.2) is 0 Å². The third kappa shape index (κ3) is 4.28. The minimum atomic E-state index is -0.737. The van der Waals surface area contributed by atoms with Gasteiger partial charge in [-0.2, -0.15) is 0 Å². The lowest BCUT2D eigenvalue weighted by molar-refractivity contribution is 0.669. The van der Waals surface area contributed by atoms with Crippen LogP contribution in [0.4, 0.5) is 0 Å². The number of furan rings is 1. The van der Waals surface area contributed by atoms with E-state index >= 15 is 0 Å². The maximum Gasteiger partial charge on any atom is 0.136 e. The van der Waals surface area contributed by atoms with Gasteiger partial charge in [0.2, 0.25) is 0 Å². The molecule has 10 aromatic carbocycles. The largest absolute Gasteiger partial charge is 0.456 e. The molecule has 0 saturated heterocycles. The molecule has 0 aliphatic rings. The molecular formula is C50H30O. The van der Waals surface area contributed by atoms with Crippen LogP contribution in [0, 0.1) is 0 Å². The van der Waals surface area contributed by atoms with Crippen molar-refractivity contribution in [1.29, 1.82) is 0 Å². The van der Waals surface area contributed by atoms with Crippen molar-refractivity contribution in [3.05, 3.63) is 182 Å². The lowest BCUT2D eigenvalue weighted by Gasteiger charge is -2.19. The van der Waals surface area contributed by atoms with Crippen LogP contribution in [0.1, 0.15) is 20.6 Å². The van der Waals surface area contributed by atoms with Gasteiger partial charge < -0.3 is 4.42 Å². The fourth-order valence-corrected chi connectivity index (χ4v) is 7.47. The molecule has 0 atom stereocenters. The van der Waals surface area contributed by atoms with Crippen molar-refractivity contribution < 1.29 is 25.0 Å². The Hall–Kier alpha value is -6.70. The Morgan fingerprint density at radius 2 is 1.02 bits per heavy atom. The van der Waals surface area contributed by atoms with Gasteiger partial charge in [0, 0.05) is 10.8 Å². The molecule has 0 N–H and O–H groups in total. The van der Waals surface area contributed by atoms with Gasteiger partial charge in [-0.1, -0.05) is 151 Å². The topological polar surface area (TPSA) is 13.1 Å². The van der Waals surface area contributed by atoms with Crippen LogP contribution in [0.15, 0.2) is 186 Å². The highest BCUT2D eigenvalue weighted by molar-refractivity contribution is 6.24. The van der Waals surface area contributed by atoms with E-state index in [0.717, 1.165) is 38.3 Å². The average molecular weight is 662 g/mol. The van der Waals surface area contributed by atoms with Gasteiger partial charge in [-0.25, -0.2) is 0 Å². The molecule has 51 heavy (non-hydrogen) atoms. The first kappa shape index (κ1) is 17.3. The SMILES string of the molecule is [2H]c1c([2H])c([2H])c2c([2H])c(-c3c4c([2H])c([2H])c([2H])c([2H])c4c(-c4cccc5cc(-c6cccc7oc8cc9ccccc9cc8c67)ccc45)c4c([2H])c([2H])c([2H])c([2H])c34)c([2H])c([2H])c2c1[2H]. The average Bonchev–Trinajstić information content (AvgIpc) is 3.69. The summed E-state index contributed by atoms with van der Waals surface area (Å²) >= 11 is 0. The number of benzene rings is 10. The Labute approximate surface area is 315 Å². The van der Waals surface area contributed by atoms with Gasteiger partial charge in [-0.3, -0.25) is 0 Å². The van der Waals surface area contributed by atoms with Crippen LogP contribution in [0.25, 0.3) is 109 Å². The van der Waals surface area contributed by atoms with Crippen LogP contribution >= 0.6 is 0 Å². The first-order chi connectivity index (χ1) is 31.5. The standard InChI is InChI=1S/C50H30O/c1-2-12-32-27-37(24-23-31(32)11-1)48-41-16-5-7-18-43(41)49(44-19-8-6-17-42(44)48)40-21-9-15-35-28-36(25-26-38(35)40)39-20-10-22-46-50(39)45-29-33-13-3-4-14-34(33)30-47(45)51-46/h1-30H/i1D,2D,5D,6D,7D,8D,11D,12D,16D,17D,18D,19D,23D,24D,27D. The van der Waals surface area contributed by atoms with Crippen LogP contribution in [-0.4, -0.2) is 0 Å². The van der Waals surface area contributed by atoms with Gasteiger partial charge in [0.1, 0.15) is 11.2 Å². The van der Waals surface area contributed by atoms with Crippen molar-refractivity contribution in [2.75, 3.05) is 0 Å². The van der Waals surface area contributed by atoms with E-state index in [9.17, 15) is 8.22 Å². The zero-order valence-corrected chi connectivity index (χ0v) is 26.6. The Balaban J connectivity index is 1.28. The maximum absolute atomic E-state index is 9.51. The molecular weight excluding hydrogens is 617 g/mol. The second-order valence-corrected chi connectivity index (χ2v) is 12.5. The van der Waals surface area contributed by atoms with E-state index in [1.165, 1.54) is 0 Å². The first-order valence-electron chi connectivity index (χ1n) is 23.9. The van der Waals surface area contributed by atoms with Crippen molar-refractivity contribution in [1.82, 2.24) is 0 Å². The zero-order valence-electron chi connectivity index (χ0n) is 41.6. The highest BCUT2D eigenvalue weighted by atomic mass is 16.3. The first-order valence-corrected chi connectivity index (χ1v) is 16.4. The highest BCUT2D eigenvalue weighted by Gasteiger charge is 2.19. The van der Waals surface area contributed by atoms with E-state index in [1.54, 1.807) is 12.1 Å². The predicted octanol–water partition coefficient (Wildman–Crippen LogP) is 14.4. The summed E-state index contributed by atoms with van der Waals surface area (Å²) in [5.74, 6) is 0. The summed E-state index contributed by atoms with van der Waals surface area (Å²) in [6.45, 7) is 0. The second-order valence-electron chi connectivity index (χ2n) is 12.5. The van der Waals surface area contributed by atoms with Crippen molar-refractivity contribution in [2.45, 2.75) is 0 Å². The third-order valence-electron chi connectivity index (χ3n) is 9.70. The number of hydrogen-bond acceptors (Lipinski definition) is 1. The second kappa shape index (κ2) is 10.9. The van der Waals surface area contributed by atoms with Crippen LogP contribution in [-0.2, 0) is 0 Å². The fourth-order valence-electron chi connectivity index (χ4n) is 7.47. The Kier molecular flexibility index (Phi) is 3.70. The van der Waals surface area contributed by atoms with E-state index in [4.69, 9.17) is 16.8 Å². The quantitative estimate of drug-likeness (QED) is 0.172.